The Morgan fingerprint density at radius 1 is 1.28 bits per heavy atom. The molecule has 1 aliphatic rings. The van der Waals surface area contributed by atoms with Crippen molar-refractivity contribution in [2.24, 2.45) is 0 Å². The minimum atomic E-state index is -0.341. The molecule has 1 saturated heterocycles. The lowest BCUT2D eigenvalue weighted by atomic mass is 10.1. The number of imide groups is 1. The summed E-state index contributed by atoms with van der Waals surface area (Å²) in [5.41, 5.74) is 2.11. The summed E-state index contributed by atoms with van der Waals surface area (Å²) in [6, 6.07) is 7.18. The summed E-state index contributed by atoms with van der Waals surface area (Å²) in [4.78, 5) is 25.2. The summed E-state index contributed by atoms with van der Waals surface area (Å²) in [6.07, 6.45) is 1.59. The predicted octanol–water partition coefficient (Wildman–Crippen LogP) is 2.22. The third-order valence-electron chi connectivity index (χ3n) is 3.27. The summed E-state index contributed by atoms with van der Waals surface area (Å²) < 4.78 is 0. The molecule has 0 aliphatic carbocycles. The van der Waals surface area contributed by atoms with Crippen molar-refractivity contribution < 1.29 is 9.59 Å². The summed E-state index contributed by atoms with van der Waals surface area (Å²) in [5.74, 6) is -0.106. The van der Waals surface area contributed by atoms with Crippen molar-refractivity contribution >= 4 is 11.9 Å². The van der Waals surface area contributed by atoms with E-state index in [9.17, 15) is 9.59 Å². The minimum absolute atomic E-state index is 0.106. The van der Waals surface area contributed by atoms with E-state index in [4.69, 9.17) is 0 Å². The van der Waals surface area contributed by atoms with Crippen LogP contribution in [0.4, 0.5) is 4.79 Å². The molecule has 1 aliphatic heterocycles. The van der Waals surface area contributed by atoms with Crippen molar-refractivity contribution in [1.29, 1.82) is 0 Å². The molecule has 0 saturated carbocycles. The van der Waals surface area contributed by atoms with Gasteiger partial charge in [0.25, 0.3) is 5.91 Å². The molecule has 1 unspecified atom stereocenters. The molecule has 1 heterocycles. The Morgan fingerprint density at radius 2 is 2.00 bits per heavy atom. The maximum Gasteiger partial charge on any atom is 0.325 e. The zero-order valence-corrected chi connectivity index (χ0v) is 10.8. The summed E-state index contributed by atoms with van der Waals surface area (Å²) >= 11 is 0. The second kappa shape index (κ2) is 5.21. The smallest absolute Gasteiger partial charge is 0.325 e. The van der Waals surface area contributed by atoms with Crippen molar-refractivity contribution in [1.82, 2.24) is 10.2 Å². The number of carbonyl (C=O) groups excluding carboxylic acids is 2. The monoisotopic (exact) mass is 246 g/mol. The molecule has 1 aromatic carbocycles. The second-order valence-electron chi connectivity index (χ2n) is 4.64. The average Bonchev–Trinajstić information content (AvgIpc) is 2.60. The lowest BCUT2D eigenvalue weighted by Crippen LogP contribution is -2.31. The molecule has 18 heavy (non-hydrogen) atoms. The van der Waals surface area contributed by atoms with Crippen molar-refractivity contribution in [3.8, 4) is 0 Å². The van der Waals surface area contributed by atoms with Gasteiger partial charge in [-0.1, -0.05) is 37.6 Å². The van der Waals surface area contributed by atoms with E-state index in [-0.39, 0.29) is 18.0 Å². The van der Waals surface area contributed by atoms with Gasteiger partial charge in [-0.15, -0.1) is 0 Å². The molecular weight excluding hydrogens is 228 g/mol. The van der Waals surface area contributed by atoms with Gasteiger partial charge in [0, 0.05) is 0 Å². The lowest BCUT2D eigenvalue weighted by Gasteiger charge is -2.14. The van der Waals surface area contributed by atoms with Gasteiger partial charge in [-0.2, -0.15) is 0 Å². The molecule has 0 aromatic heterocycles. The van der Waals surface area contributed by atoms with Crippen LogP contribution in [0.5, 0.6) is 0 Å². The number of benzene rings is 1. The first-order valence-electron chi connectivity index (χ1n) is 6.30. The topological polar surface area (TPSA) is 49.4 Å². The number of hydrogen-bond donors (Lipinski definition) is 1. The third-order valence-corrected chi connectivity index (χ3v) is 3.27. The van der Waals surface area contributed by atoms with Gasteiger partial charge in [-0.05, 0) is 24.5 Å². The third kappa shape index (κ3) is 2.37. The van der Waals surface area contributed by atoms with Crippen LogP contribution >= 0.6 is 0 Å². The minimum Gasteiger partial charge on any atom is -0.326 e. The molecule has 0 bridgehead atoms. The number of hydrogen-bond acceptors (Lipinski definition) is 2. The normalized spacial score (nSPS) is 19.2. The van der Waals surface area contributed by atoms with E-state index in [0.717, 1.165) is 17.5 Å². The van der Waals surface area contributed by atoms with Crippen LogP contribution in [0, 0.1) is 6.92 Å². The summed E-state index contributed by atoms with van der Waals surface area (Å²) in [5, 5.41) is 2.73. The Labute approximate surface area is 107 Å². The summed E-state index contributed by atoms with van der Waals surface area (Å²) in [6.45, 7) is 4.35. The van der Waals surface area contributed by atoms with E-state index in [2.05, 4.69) is 5.32 Å². The van der Waals surface area contributed by atoms with Gasteiger partial charge >= 0.3 is 6.03 Å². The van der Waals surface area contributed by atoms with E-state index in [0.29, 0.717) is 13.0 Å². The number of urea groups is 1. The maximum atomic E-state index is 12.1. The highest BCUT2D eigenvalue weighted by molar-refractivity contribution is 6.04. The van der Waals surface area contributed by atoms with Gasteiger partial charge in [0.1, 0.15) is 6.04 Å². The quantitative estimate of drug-likeness (QED) is 0.828. The number of rotatable bonds is 4. The molecule has 1 atom stereocenters. The molecule has 1 N–H and O–H groups in total. The van der Waals surface area contributed by atoms with E-state index < -0.39 is 0 Å². The standard InChI is InChI=1S/C14H18N2O2/c1-3-6-12-13(17)16(14(18)15-12)9-11-8-5-4-7-10(11)2/h4-5,7-8,12H,3,6,9H2,1-2H3,(H,15,18). The Bertz CT molecular complexity index is 471. The molecular formula is C14H18N2O2. The molecule has 4 nitrogen and oxygen atoms in total. The second-order valence-corrected chi connectivity index (χ2v) is 4.64. The van der Waals surface area contributed by atoms with Gasteiger partial charge in [0.15, 0.2) is 0 Å². The molecule has 2 rings (SSSR count). The summed E-state index contributed by atoms with van der Waals surface area (Å²) in [7, 11) is 0. The fraction of sp³-hybridized carbons (Fsp3) is 0.429. The van der Waals surface area contributed by atoms with Crippen LogP contribution < -0.4 is 5.32 Å². The highest BCUT2D eigenvalue weighted by Gasteiger charge is 2.37. The fourth-order valence-electron chi connectivity index (χ4n) is 2.17. The Hall–Kier alpha value is -1.84. The van der Waals surface area contributed by atoms with Gasteiger partial charge in [-0.3, -0.25) is 9.69 Å². The maximum absolute atomic E-state index is 12.1. The van der Waals surface area contributed by atoms with Crippen LogP contribution in [0.2, 0.25) is 0 Å². The van der Waals surface area contributed by atoms with Crippen LogP contribution in [0.25, 0.3) is 0 Å². The first-order valence-corrected chi connectivity index (χ1v) is 6.30. The first kappa shape index (κ1) is 12.6. The Kier molecular flexibility index (Phi) is 3.65. The highest BCUT2D eigenvalue weighted by Crippen LogP contribution is 2.16. The fourth-order valence-corrected chi connectivity index (χ4v) is 2.17. The zero-order chi connectivity index (χ0) is 13.1. The van der Waals surface area contributed by atoms with Crippen molar-refractivity contribution in [3.05, 3.63) is 35.4 Å². The van der Waals surface area contributed by atoms with Crippen molar-refractivity contribution in [2.45, 2.75) is 39.3 Å². The number of carbonyl (C=O) groups is 2. The van der Waals surface area contributed by atoms with Gasteiger partial charge in [-0.25, -0.2) is 4.79 Å². The highest BCUT2D eigenvalue weighted by atomic mass is 16.2. The first-order chi connectivity index (χ1) is 8.63. The number of nitrogens with zero attached hydrogens (tertiary/aromatic N) is 1. The average molecular weight is 246 g/mol. The molecule has 0 spiro atoms. The number of aryl methyl sites for hydroxylation is 1. The molecule has 1 aromatic rings. The van der Waals surface area contributed by atoms with Gasteiger partial charge in [0.05, 0.1) is 6.54 Å². The largest absolute Gasteiger partial charge is 0.326 e. The van der Waals surface area contributed by atoms with E-state index >= 15 is 0 Å². The number of nitrogens with one attached hydrogen (secondary N) is 1. The lowest BCUT2D eigenvalue weighted by molar-refractivity contribution is -0.128. The molecule has 1 fully saturated rings. The zero-order valence-electron chi connectivity index (χ0n) is 10.8. The molecule has 4 heteroatoms. The molecule has 96 valence electrons. The Balaban J connectivity index is 2.12. The van der Waals surface area contributed by atoms with Crippen LogP contribution in [0.1, 0.15) is 30.9 Å². The van der Waals surface area contributed by atoms with Crippen LogP contribution in [0.15, 0.2) is 24.3 Å². The van der Waals surface area contributed by atoms with E-state index in [1.165, 1.54) is 4.90 Å². The van der Waals surface area contributed by atoms with Gasteiger partial charge in [0.2, 0.25) is 0 Å². The van der Waals surface area contributed by atoms with E-state index in [1.807, 2.05) is 38.1 Å². The van der Waals surface area contributed by atoms with E-state index in [1.54, 1.807) is 0 Å². The van der Waals surface area contributed by atoms with Crippen molar-refractivity contribution in [3.63, 3.8) is 0 Å². The van der Waals surface area contributed by atoms with Gasteiger partial charge < -0.3 is 5.32 Å². The Morgan fingerprint density at radius 3 is 2.67 bits per heavy atom. The molecule has 3 amide bonds. The SMILES string of the molecule is CCCC1NC(=O)N(Cc2ccccc2C)C1=O. The van der Waals surface area contributed by atoms with Crippen molar-refractivity contribution in [2.75, 3.05) is 0 Å². The number of amides is 3. The van der Waals surface area contributed by atoms with Crippen LogP contribution in [-0.4, -0.2) is 22.9 Å². The van der Waals surface area contributed by atoms with Crippen LogP contribution in [0.3, 0.4) is 0 Å². The molecule has 0 radical (unpaired) electrons. The van der Waals surface area contributed by atoms with Crippen LogP contribution in [-0.2, 0) is 11.3 Å². The predicted molar refractivity (Wildman–Crippen MR) is 69.0 cm³/mol.